The van der Waals surface area contributed by atoms with Gasteiger partial charge in [0.05, 0.1) is 17.7 Å². The molecule has 0 radical (unpaired) electrons. The SMILES string of the molecule is O=C1CC(c2ccc(C(F)(F)F)cn2)C(=O)O1. The molecule has 1 aromatic heterocycles. The Morgan fingerprint density at radius 1 is 1.29 bits per heavy atom. The van der Waals surface area contributed by atoms with E-state index in [1.165, 1.54) is 0 Å². The third-order valence-electron chi connectivity index (χ3n) is 2.34. The molecule has 0 saturated carbocycles. The highest BCUT2D eigenvalue weighted by Gasteiger charge is 2.36. The summed E-state index contributed by atoms with van der Waals surface area (Å²) in [7, 11) is 0. The molecule has 17 heavy (non-hydrogen) atoms. The topological polar surface area (TPSA) is 56.3 Å². The number of alkyl halides is 3. The molecule has 0 spiro atoms. The standard InChI is InChI=1S/C10H6F3NO3/c11-10(12,13)5-1-2-7(14-4-5)6-3-8(15)17-9(6)16/h1-2,4,6H,3H2. The Hall–Kier alpha value is -1.92. The summed E-state index contributed by atoms with van der Waals surface area (Å²) in [5.74, 6) is -2.37. The molecule has 1 unspecified atom stereocenters. The Labute approximate surface area is 93.4 Å². The van der Waals surface area contributed by atoms with Gasteiger partial charge in [0.2, 0.25) is 0 Å². The van der Waals surface area contributed by atoms with Crippen molar-refractivity contribution in [2.45, 2.75) is 18.5 Å². The van der Waals surface area contributed by atoms with Crippen LogP contribution < -0.4 is 0 Å². The number of aromatic nitrogens is 1. The molecule has 0 aliphatic carbocycles. The van der Waals surface area contributed by atoms with Crippen molar-refractivity contribution in [2.24, 2.45) is 0 Å². The lowest BCUT2D eigenvalue weighted by Gasteiger charge is -2.08. The van der Waals surface area contributed by atoms with E-state index in [-0.39, 0.29) is 12.1 Å². The lowest BCUT2D eigenvalue weighted by Crippen LogP contribution is -2.10. The Kier molecular flexibility index (Phi) is 2.60. The summed E-state index contributed by atoms with van der Waals surface area (Å²) in [6, 6.07) is 1.89. The maximum Gasteiger partial charge on any atom is 0.417 e. The van der Waals surface area contributed by atoms with Crippen molar-refractivity contribution < 1.29 is 27.5 Å². The van der Waals surface area contributed by atoms with Gasteiger partial charge in [0.1, 0.15) is 5.92 Å². The Morgan fingerprint density at radius 2 is 2.00 bits per heavy atom. The van der Waals surface area contributed by atoms with Crippen LogP contribution in [-0.4, -0.2) is 16.9 Å². The summed E-state index contributed by atoms with van der Waals surface area (Å²) in [6.07, 6.45) is -4.03. The van der Waals surface area contributed by atoms with Gasteiger partial charge in [0.25, 0.3) is 0 Å². The number of pyridine rings is 1. The van der Waals surface area contributed by atoms with Crippen LogP contribution in [0.25, 0.3) is 0 Å². The van der Waals surface area contributed by atoms with E-state index in [1.54, 1.807) is 0 Å². The van der Waals surface area contributed by atoms with E-state index in [4.69, 9.17) is 0 Å². The maximum atomic E-state index is 12.2. The van der Waals surface area contributed by atoms with Gasteiger partial charge in [0.15, 0.2) is 0 Å². The molecule has 0 N–H and O–H groups in total. The first kappa shape index (κ1) is 11.6. The van der Waals surface area contributed by atoms with E-state index in [2.05, 4.69) is 9.72 Å². The summed E-state index contributed by atoms with van der Waals surface area (Å²) in [6.45, 7) is 0. The minimum absolute atomic E-state index is 0.105. The van der Waals surface area contributed by atoms with Gasteiger partial charge in [-0.3, -0.25) is 14.6 Å². The summed E-state index contributed by atoms with van der Waals surface area (Å²) >= 11 is 0. The van der Waals surface area contributed by atoms with Crippen LogP contribution >= 0.6 is 0 Å². The van der Waals surface area contributed by atoms with Gasteiger partial charge in [-0.2, -0.15) is 13.2 Å². The molecule has 2 rings (SSSR count). The average molecular weight is 245 g/mol. The highest BCUT2D eigenvalue weighted by molar-refractivity contribution is 5.97. The molecule has 1 saturated heterocycles. The Balaban J connectivity index is 2.24. The number of rotatable bonds is 1. The minimum atomic E-state index is -4.47. The van der Waals surface area contributed by atoms with Crippen LogP contribution in [0.15, 0.2) is 18.3 Å². The number of hydrogen-bond acceptors (Lipinski definition) is 4. The van der Waals surface area contributed by atoms with Gasteiger partial charge in [-0.05, 0) is 12.1 Å². The number of hydrogen-bond donors (Lipinski definition) is 0. The first-order valence-electron chi connectivity index (χ1n) is 4.65. The first-order valence-corrected chi connectivity index (χ1v) is 4.65. The van der Waals surface area contributed by atoms with Crippen LogP contribution in [0.1, 0.15) is 23.6 Å². The number of halogens is 3. The van der Waals surface area contributed by atoms with E-state index in [9.17, 15) is 22.8 Å². The molecule has 1 aliphatic rings. The normalized spacial score (nSPS) is 20.5. The number of nitrogens with zero attached hydrogens (tertiary/aromatic N) is 1. The van der Waals surface area contributed by atoms with E-state index in [0.29, 0.717) is 6.20 Å². The number of cyclic esters (lactones) is 2. The van der Waals surface area contributed by atoms with E-state index in [0.717, 1.165) is 12.1 Å². The van der Waals surface area contributed by atoms with Crippen molar-refractivity contribution in [2.75, 3.05) is 0 Å². The summed E-state index contributed by atoms with van der Waals surface area (Å²) in [5, 5.41) is 0. The van der Waals surface area contributed by atoms with Crippen molar-refractivity contribution in [1.82, 2.24) is 4.98 Å². The lowest BCUT2D eigenvalue weighted by molar-refractivity contribution is -0.152. The Morgan fingerprint density at radius 3 is 2.41 bits per heavy atom. The van der Waals surface area contributed by atoms with Crippen molar-refractivity contribution in [3.05, 3.63) is 29.6 Å². The van der Waals surface area contributed by atoms with Crippen molar-refractivity contribution in [1.29, 1.82) is 0 Å². The molecular formula is C10H6F3NO3. The van der Waals surface area contributed by atoms with Crippen LogP contribution in [0, 0.1) is 0 Å². The van der Waals surface area contributed by atoms with Gasteiger partial charge >= 0.3 is 18.1 Å². The van der Waals surface area contributed by atoms with Crippen LogP contribution in [-0.2, 0) is 20.5 Å². The zero-order chi connectivity index (χ0) is 12.6. The number of carbonyl (C=O) groups excluding carboxylic acids is 2. The molecule has 0 amide bonds. The van der Waals surface area contributed by atoms with Crippen molar-refractivity contribution >= 4 is 11.9 Å². The maximum absolute atomic E-state index is 12.2. The second-order valence-corrected chi connectivity index (χ2v) is 3.52. The molecule has 1 aliphatic heterocycles. The molecule has 0 bridgehead atoms. The minimum Gasteiger partial charge on any atom is -0.393 e. The summed E-state index contributed by atoms with van der Waals surface area (Å²) in [5.41, 5.74) is -0.798. The number of ether oxygens (including phenoxy) is 1. The molecule has 0 aromatic carbocycles. The first-order chi connectivity index (χ1) is 7.88. The predicted octanol–water partition coefficient (Wildman–Crippen LogP) is 1.66. The second kappa shape index (κ2) is 3.83. The van der Waals surface area contributed by atoms with Crippen molar-refractivity contribution in [3.63, 3.8) is 0 Å². The fourth-order valence-corrected chi connectivity index (χ4v) is 1.48. The van der Waals surface area contributed by atoms with Crippen LogP contribution in [0.4, 0.5) is 13.2 Å². The fourth-order valence-electron chi connectivity index (χ4n) is 1.48. The predicted molar refractivity (Wildman–Crippen MR) is 47.7 cm³/mol. The third-order valence-corrected chi connectivity index (χ3v) is 2.34. The molecule has 4 nitrogen and oxygen atoms in total. The molecule has 90 valence electrons. The van der Waals surface area contributed by atoms with Gasteiger partial charge in [-0.25, -0.2) is 0 Å². The Bertz CT molecular complexity index is 467. The monoisotopic (exact) mass is 245 g/mol. The van der Waals surface area contributed by atoms with Gasteiger partial charge in [-0.15, -0.1) is 0 Å². The highest BCUT2D eigenvalue weighted by Crippen LogP contribution is 2.31. The van der Waals surface area contributed by atoms with Crippen LogP contribution in [0.2, 0.25) is 0 Å². The van der Waals surface area contributed by atoms with Gasteiger partial charge in [0, 0.05) is 6.20 Å². The molecule has 1 fully saturated rings. The number of carbonyl (C=O) groups is 2. The quantitative estimate of drug-likeness (QED) is 0.557. The molecule has 1 atom stereocenters. The van der Waals surface area contributed by atoms with E-state index >= 15 is 0 Å². The smallest absolute Gasteiger partial charge is 0.393 e. The van der Waals surface area contributed by atoms with Crippen molar-refractivity contribution in [3.8, 4) is 0 Å². The molecular weight excluding hydrogens is 239 g/mol. The van der Waals surface area contributed by atoms with E-state index in [1.807, 2.05) is 0 Å². The lowest BCUT2D eigenvalue weighted by atomic mass is 10.0. The molecule has 7 heteroatoms. The fraction of sp³-hybridized carbons (Fsp3) is 0.300. The summed E-state index contributed by atoms with van der Waals surface area (Å²) < 4.78 is 41.0. The van der Waals surface area contributed by atoms with Crippen LogP contribution in [0.5, 0.6) is 0 Å². The van der Waals surface area contributed by atoms with Gasteiger partial charge < -0.3 is 4.74 Å². The number of esters is 2. The van der Waals surface area contributed by atoms with Crippen LogP contribution in [0.3, 0.4) is 0 Å². The summed E-state index contributed by atoms with van der Waals surface area (Å²) in [4.78, 5) is 25.5. The van der Waals surface area contributed by atoms with Gasteiger partial charge in [-0.1, -0.05) is 0 Å². The van der Waals surface area contributed by atoms with E-state index < -0.39 is 29.6 Å². The largest absolute Gasteiger partial charge is 0.417 e. The third kappa shape index (κ3) is 2.27. The highest BCUT2D eigenvalue weighted by atomic mass is 19.4. The zero-order valence-electron chi connectivity index (χ0n) is 8.32. The zero-order valence-corrected chi connectivity index (χ0v) is 8.32. The molecule has 2 heterocycles. The second-order valence-electron chi connectivity index (χ2n) is 3.52. The average Bonchev–Trinajstić information content (AvgIpc) is 2.57. The molecule has 1 aromatic rings.